The summed E-state index contributed by atoms with van der Waals surface area (Å²) in [6, 6.07) is 14.8. The Balaban J connectivity index is 1.48. The fourth-order valence-corrected chi connectivity index (χ4v) is 3.97. The number of nitrogens with one attached hydrogen (secondary N) is 4. The van der Waals surface area contributed by atoms with Crippen molar-refractivity contribution < 1.29 is 14.3 Å². The molecule has 2 heterocycles. The smallest absolute Gasteiger partial charge is 0.223 e. The molecule has 0 bridgehead atoms. The lowest BCUT2D eigenvalue weighted by Crippen LogP contribution is -2.40. The molecule has 0 aliphatic carbocycles. The largest absolute Gasteiger partial charge is 0.378 e. The summed E-state index contributed by atoms with van der Waals surface area (Å²) in [4.78, 5) is 33.6. The van der Waals surface area contributed by atoms with Crippen LogP contribution in [0, 0.1) is 5.41 Å². The minimum Gasteiger partial charge on any atom is -0.378 e. The van der Waals surface area contributed by atoms with Gasteiger partial charge in [-0.05, 0) is 36.2 Å². The Kier molecular flexibility index (Phi) is 8.20. The summed E-state index contributed by atoms with van der Waals surface area (Å²) in [5.41, 5.74) is 3.96. The number of carbonyl (C=O) groups is 2. The minimum atomic E-state index is 0.140. The second kappa shape index (κ2) is 11.9. The summed E-state index contributed by atoms with van der Waals surface area (Å²) in [5.74, 6) is 1.15. The van der Waals surface area contributed by atoms with Crippen LogP contribution in [-0.4, -0.2) is 66.2 Å². The molecule has 0 radical (unpaired) electrons. The molecule has 1 fully saturated rings. The maximum absolute atomic E-state index is 12.4. The molecule has 1 aromatic heterocycles. The summed E-state index contributed by atoms with van der Waals surface area (Å²) < 4.78 is 5.31. The maximum Gasteiger partial charge on any atom is 0.223 e. The third-order valence-corrected chi connectivity index (χ3v) is 5.94. The number of benzene rings is 2. The molecular weight excluding hydrogens is 458 g/mol. The van der Waals surface area contributed by atoms with Crippen LogP contribution in [0.25, 0.3) is 0 Å². The number of aromatic nitrogens is 2. The standard InChI is InChI=1S/C26H29N7O3/c1-28-25-23(26(30-16-29-25)32-21-9-7-20(8-10-21)31-17-34)24(27)19-5-2-18(3-6-19)4-11-22(35)33-12-14-36-15-13-33/h2-3,5-10,16-17,27H,4,11-15H2,1H3,(H,31,34)(H2,28,29,30,32). The predicted molar refractivity (Wildman–Crippen MR) is 139 cm³/mol. The molecular formula is C26H29N7O3. The van der Waals surface area contributed by atoms with Gasteiger partial charge in [-0.25, -0.2) is 9.97 Å². The van der Waals surface area contributed by atoms with Crippen molar-refractivity contribution in [3.63, 3.8) is 0 Å². The summed E-state index contributed by atoms with van der Waals surface area (Å²) in [6.07, 6.45) is 3.14. The first-order chi connectivity index (χ1) is 17.6. The summed E-state index contributed by atoms with van der Waals surface area (Å²) in [6.45, 7) is 2.50. The van der Waals surface area contributed by atoms with Crippen LogP contribution in [0.5, 0.6) is 0 Å². The molecule has 36 heavy (non-hydrogen) atoms. The van der Waals surface area contributed by atoms with Crippen molar-refractivity contribution in [2.24, 2.45) is 0 Å². The monoisotopic (exact) mass is 487 g/mol. The highest BCUT2D eigenvalue weighted by atomic mass is 16.5. The highest BCUT2D eigenvalue weighted by Gasteiger charge is 2.19. The molecule has 1 aliphatic heterocycles. The van der Waals surface area contributed by atoms with E-state index >= 15 is 0 Å². The summed E-state index contributed by atoms with van der Waals surface area (Å²) >= 11 is 0. The van der Waals surface area contributed by atoms with Crippen molar-refractivity contribution >= 4 is 41.0 Å². The lowest BCUT2D eigenvalue weighted by atomic mass is 10.00. The van der Waals surface area contributed by atoms with Gasteiger partial charge in [-0.2, -0.15) is 0 Å². The zero-order chi connectivity index (χ0) is 25.3. The van der Waals surface area contributed by atoms with Crippen molar-refractivity contribution in [2.45, 2.75) is 12.8 Å². The van der Waals surface area contributed by atoms with Crippen molar-refractivity contribution in [1.29, 1.82) is 5.41 Å². The van der Waals surface area contributed by atoms with E-state index in [1.165, 1.54) is 6.33 Å². The van der Waals surface area contributed by atoms with Gasteiger partial charge in [-0.1, -0.05) is 24.3 Å². The average Bonchev–Trinajstić information content (AvgIpc) is 2.93. The molecule has 0 saturated carbocycles. The molecule has 4 N–H and O–H groups in total. The number of aryl methyl sites for hydroxylation is 1. The van der Waals surface area contributed by atoms with E-state index in [0.29, 0.717) is 74.0 Å². The van der Waals surface area contributed by atoms with Crippen LogP contribution in [0.1, 0.15) is 23.1 Å². The fraction of sp³-hybridized carbons (Fsp3) is 0.269. The van der Waals surface area contributed by atoms with Crippen LogP contribution >= 0.6 is 0 Å². The molecule has 10 heteroatoms. The Morgan fingerprint density at radius 3 is 2.36 bits per heavy atom. The third-order valence-electron chi connectivity index (χ3n) is 5.94. The van der Waals surface area contributed by atoms with Gasteiger partial charge in [0.2, 0.25) is 12.3 Å². The van der Waals surface area contributed by atoms with E-state index in [9.17, 15) is 9.59 Å². The Morgan fingerprint density at radius 2 is 1.69 bits per heavy atom. The lowest BCUT2D eigenvalue weighted by Gasteiger charge is -2.26. The van der Waals surface area contributed by atoms with Gasteiger partial charge in [0.25, 0.3) is 0 Å². The molecule has 0 unspecified atom stereocenters. The summed E-state index contributed by atoms with van der Waals surface area (Å²) in [5, 5.41) is 17.8. The van der Waals surface area contributed by atoms with E-state index in [0.717, 1.165) is 11.3 Å². The van der Waals surface area contributed by atoms with Crippen molar-refractivity contribution in [1.82, 2.24) is 14.9 Å². The van der Waals surface area contributed by atoms with E-state index in [-0.39, 0.29) is 11.6 Å². The molecule has 1 aliphatic rings. The molecule has 0 atom stereocenters. The van der Waals surface area contributed by atoms with E-state index in [1.54, 1.807) is 19.2 Å². The third kappa shape index (κ3) is 6.02. The van der Waals surface area contributed by atoms with Crippen molar-refractivity contribution in [2.75, 3.05) is 49.3 Å². The van der Waals surface area contributed by atoms with Gasteiger partial charge in [0.1, 0.15) is 18.0 Å². The van der Waals surface area contributed by atoms with Gasteiger partial charge < -0.3 is 25.6 Å². The topological polar surface area (TPSA) is 132 Å². The van der Waals surface area contributed by atoms with E-state index in [4.69, 9.17) is 10.1 Å². The number of hydrogen-bond donors (Lipinski definition) is 4. The lowest BCUT2D eigenvalue weighted by molar-refractivity contribution is -0.135. The number of hydrogen-bond acceptors (Lipinski definition) is 8. The van der Waals surface area contributed by atoms with Gasteiger partial charge in [0.05, 0.1) is 24.5 Å². The van der Waals surface area contributed by atoms with Crippen LogP contribution in [0.3, 0.4) is 0 Å². The highest BCUT2D eigenvalue weighted by Crippen LogP contribution is 2.27. The number of anilines is 4. The van der Waals surface area contributed by atoms with E-state index < -0.39 is 0 Å². The fourth-order valence-electron chi connectivity index (χ4n) is 3.97. The molecule has 4 rings (SSSR count). The van der Waals surface area contributed by atoms with Crippen LogP contribution in [-0.2, 0) is 20.7 Å². The van der Waals surface area contributed by atoms with Crippen molar-refractivity contribution in [3.05, 3.63) is 71.5 Å². The van der Waals surface area contributed by atoms with Crippen LogP contribution in [0.15, 0.2) is 54.9 Å². The molecule has 10 nitrogen and oxygen atoms in total. The predicted octanol–water partition coefficient (Wildman–Crippen LogP) is 3.04. The minimum absolute atomic E-state index is 0.140. The van der Waals surface area contributed by atoms with E-state index in [1.807, 2.05) is 41.3 Å². The SMILES string of the molecule is CNc1ncnc(Nc2ccc(NC=O)cc2)c1C(=N)c1ccc(CCC(=O)N2CCOCC2)cc1. The highest BCUT2D eigenvalue weighted by molar-refractivity contribution is 6.16. The van der Waals surface area contributed by atoms with Gasteiger partial charge in [0.15, 0.2) is 0 Å². The number of morpholine rings is 1. The summed E-state index contributed by atoms with van der Waals surface area (Å²) in [7, 11) is 1.75. The Labute approximate surface area is 209 Å². The molecule has 2 aromatic carbocycles. The first-order valence-corrected chi connectivity index (χ1v) is 11.7. The number of nitrogens with zero attached hydrogens (tertiary/aromatic N) is 3. The Bertz CT molecular complexity index is 1210. The normalized spacial score (nSPS) is 13.1. The van der Waals surface area contributed by atoms with Gasteiger partial charge >= 0.3 is 0 Å². The van der Waals surface area contributed by atoms with Crippen LogP contribution in [0.2, 0.25) is 0 Å². The number of carbonyl (C=O) groups excluding carboxylic acids is 2. The van der Waals surface area contributed by atoms with Crippen molar-refractivity contribution in [3.8, 4) is 0 Å². The zero-order valence-corrected chi connectivity index (χ0v) is 20.1. The molecule has 1 saturated heterocycles. The molecule has 0 spiro atoms. The maximum atomic E-state index is 12.4. The molecule has 2 amide bonds. The van der Waals surface area contributed by atoms with Crippen LogP contribution < -0.4 is 16.0 Å². The number of amides is 2. The first kappa shape index (κ1) is 24.8. The molecule has 186 valence electrons. The first-order valence-electron chi connectivity index (χ1n) is 11.7. The Morgan fingerprint density at radius 1 is 1.03 bits per heavy atom. The number of rotatable bonds is 10. The van der Waals surface area contributed by atoms with Gasteiger partial charge in [-0.3, -0.25) is 15.0 Å². The van der Waals surface area contributed by atoms with Gasteiger partial charge in [0, 0.05) is 43.5 Å². The average molecular weight is 488 g/mol. The zero-order valence-electron chi connectivity index (χ0n) is 20.1. The van der Waals surface area contributed by atoms with Crippen LogP contribution in [0.4, 0.5) is 23.0 Å². The van der Waals surface area contributed by atoms with Gasteiger partial charge in [-0.15, -0.1) is 0 Å². The second-order valence-electron chi connectivity index (χ2n) is 8.23. The molecule has 3 aromatic rings. The Hall–Kier alpha value is -4.31. The number of ether oxygens (including phenoxy) is 1. The van der Waals surface area contributed by atoms with E-state index in [2.05, 4.69) is 25.9 Å². The quantitative estimate of drug-likeness (QED) is 0.255. The second-order valence-corrected chi connectivity index (χ2v) is 8.23.